The van der Waals surface area contributed by atoms with Crippen molar-refractivity contribution in [2.24, 2.45) is 5.10 Å². The molecular weight excluding hydrogens is 356 g/mol. The molecule has 1 aliphatic carbocycles. The van der Waals surface area contributed by atoms with Crippen LogP contribution in [0.5, 0.6) is 5.75 Å². The van der Waals surface area contributed by atoms with Gasteiger partial charge in [-0.2, -0.15) is 5.10 Å². The summed E-state index contributed by atoms with van der Waals surface area (Å²) in [5.41, 5.74) is 6.50. The second-order valence-electron chi connectivity index (χ2n) is 6.21. The van der Waals surface area contributed by atoms with Gasteiger partial charge < -0.3 is 9.84 Å². The van der Waals surface area contributed by atoms with Gasteiger partial charge in [-0.25, -0.2) is 10.2 Å². The van der Waals surface area contributed by atoms with Crippen molar-refractivity contribution in [2.75, 3.05) is 7.11 Å². The van der Waals surface area contributed by atoms with Crippen molar-refractivity contribution in [3.63, 3.8) is 0 Å². The molecule has 2 N–H and O–H groups in total. The molecule has 0 spiro atoms. The van der Waals surface area contributed by atoms with Crippen molar-refractivity contribution in [3.8, 4) is 16.9 Å². The van der Waals surface area contributed by atoms with Crippen molar-refractivity contribution in [1.29, 1.82) is 0 Å². The first-order valence-corrected chi connectivity index (χ1v) is 8.58. The molecule has 0 bridgehead atoms. The number of hydrogen-bond acceptors (Lipinski definition) is 4. The van der Waals surface area contributed by atoms with Gasteiger partial charge in [-0.3, -0.25) is 4.79 Å². The van der Waals surface area contributed by atoms with Gasteiger partial charge in [0, 0.05) is 16.7 Å². The summed E-state index contributed by atoms with van der Waals surface area (Å²) in [5, 5.41) is 13.9. The fourth-order valence-electron chi connectivity index (χ4n) is 3.30. The fraction of sp³-hybridized carbons (Fsp3) is 0.0455. The first-order valence-electron chi connectivity index (χ1n) is 8.58. The summed E-state index contributed by atoms with van der Waals surface area (Å²) in [6.07, 6.45) is 0. The van der Waals surface area contributed by atoms with E-state index >= 15 is 0 Å². The lowest BCUT2D eigenvalue weighted by Gasteiger charge is -2.07. The number of methoxy groups -OCH3 is 1. The van der Waals surface area contributed by atoms with E-state index in [1.165, 1.54) is 6.07 Å². The van der Waals surface area contributed by atoms with Gasteiger partial charge in [-0.05, 0) is 41.5 Å². The molecule has 3 aromatic carbocycles. The molecule has 0 unspecified atom stereocenters. The number of fused-ring (bicyclic) bond motifs is 3. The number of aromatic carboxylic acids is 1. The largest absolute Gasteiger partial charge is 0.497 e. The molecule has 138 valence electrons. The van der Waals surface area contributed by atoms with Gasteiger partial charge in [0.1, 0.15) is 5.75 Å². The monoisotopic (exact) mass is 372 g/mol. The maximum atomic E-state index is 12.5. The first kappa shape index (κ1) is 17.5. The minimum absolute atomic E-state index is 0.145. The van der Waals surface area contributed by atoms with Gasteiger partial charge in [-0.15, -0.1) is 0 Å². The zero-order chi connectivity index (χ0) is 19.7. The highest BCUT2D eigenvalue weighted by Crippen LogP contribution is 2.38. The summed E-state index contributed by atoms with van der Waals surface area (Å²) in [6.45, 7) is 0. The molecule has 0 heterocycles. The maximum absolute atomic E-state index is 12.5. The highest BCUT2D eigenvalue weighted by molar-refractivity contribution is 6.27. The molecule has 1 amide bonds. The number of carbonyl (C=O) groups excluding carboxylic acids is 1. The number of rotatable bonds is 4. The molecule has 0 radical (unpaired) electrons. The number of nitrogens with one attached hydrogen (secondary N) is 1. The molecule has 1 aliphatic rings. The van der Waals surface area contributed by atoms with Crippen LogP contribution in [0.3, 0.4) is 0 Å². The quantitative estimate of drug-likeness (QED) is 0.536. The number of nitrogens with zero attached hydrogens (tertiary/aromatic N) is 1. The predicted molar refractivity (Wildman–Crippen MR) is 105 cm³/mol. The van der Waals surface area contributed by atoms with Crippen molar-refractivity contribution in [3.05, 3.63) is 89.0 Å². The van der Waals surface area contributed by atoms with Crippen molar-refractivity contribution < 1.29 is 19.4 Å². The van der Waals surface area contributed by atoms with Crippen LogP contribution in [0.2, 0.25) is 0 Å². The average molecular weight is 372 g/mol. The van der Waals surface area contributed by atoms with Crippen LogP contribution in [0.15, 0.2) is 71.8 Å². The summed E-state index contributed by atoms with van der Waals surface area (Å²) in [5.74, 6) is -0.791. The fourth-order valence-corrected chi connectivity index (χ4v) is 3.30. The van der Waals surface area contributed by atoms with E-state index in [0.29, 0.717) is 22.6 Å². The van der Waals surface area contributed by atoms with E-state index in [1.807, 2.05) is 30.3 Å². The van der Waals surface area contributed by atoms with Crippen molar-refractivity contribution >= 4 is 17.6 Å². The smallest absolute Gasteiger partial charge is 0.336 e. The van der Waals surface area contributed by atoms with Crippen LogP contribution in [0.4, 0.5) is 0 Å². The van der Waals surface area contributed by atoms with E-state index in [9.17, 15) is 14.7 Å². The lowest BCUT2D eigenvalue weighted by atomic mass is 10.0. The third-order valence-electron chi connectivity index (χ3n) is 4.63. The Labute approximate surface area is 161 Å². The third kappa shape index (κ3) is 2.91. The van der Waals surface area contributed by atoms with Gasteiger partial charge in [-0.1, -0.05) is 36.4 Å². The Kier molecular flexibility index (Phi) is 4.37. The standard InChI is InChI=1S/C22H16N2O4/c1-28-14-11-9-13(10-12-14)21(25)24-23-20-17-6-3-2-5-15(17)16-7-4-8-18(19(16)20)22(26)27/h2-12H,1H3,(H,24,25)(H,26,27)/b23-20+. The molecule has 0 saturated heterocycles. The summed E-state index contributed by atoms with van der Waals surface area (Å²) in [6, 6.07) is 19.2. The summed E-state index contributed by atoms with van der Waals surface area (Å²) in [7, 11) is 1.55. The average Bonchev–Trinajstić information content (AvgIpc) is 3.06. The van der Waals surface area contributed by atoms with Crippen molar-refractivity contribution in [1.82, 2.24) is 5.43 Å². The van der Waals surface area contributed by atoms with E-state index in [0.717, 1.165) is 16.7 Å². The number of carboxylic acid groups (broad SMARTS) is 1. The molecule has 3 aromatic rings. The lowest BCUT2D eigenvalue weighted by molar-refractivity contribution is 0.0696. The summed E-state index contributed by atoms with van der Waals surface area (Å²) < 4.78 is 5.09. The van der Waals surface area contributed by atoms with Crippen LogP contribution in [-0.2, 0) is 0 Å². The number of carbonyl (C=O) groups is 2. The molecule has 0 saturated carbocycles. The first-order chi connectivity index (χ1) is 13.6. The second kappa shape index (κ2) is 7.00. The van der Waals surface area contributed by atoms with Crippen LogP contribution in [-0.4, -0.2) is 29.8 Å². The van der Waals surface area contributed by atoms with E-state index < -0.39 is 11.9 Å². The Morgan fingerprint density at radius 3 is 2.25 bits per heavy atom. The zero-order valence-corrected chi connectivity index (χ0v) is 15.0. The predicted octanol–water partition coefficient (Wildman–Crippen LogP) is 3.56. The van der Waals surface area contributed by atoms with Crippen LogP contribution >= 0.6 is 0 Å². The Hall–Kier alpha value is -3.93. The Morgan fingerprint density at radius 2 is 1.57 bits per heavy atom. The number of amides is 1. The zero-order valence-electron chi connectivity index (χ0n) is 15.0. The topological polar surface area (TPSA) is 88.0 Å². The van der Waals surface area contributed by atoms with Crippen LogP contribution in [0.1, 0.15) is 31.8 Å². The lowest BCUT2D eigenvalue weighted by Crippen LogP contribution is -2.20. The molecule has 6 heteroatoms. The van der Waals surface area contributed by atoms with E-state index in [-0.39, 0.29) is 5.56 Å². The number of benzene rings is 3. The van der Waals surface area contributed by atoms with E-state index in [2.05, 4.69) is 10.5 Å². The third-order valence-corrected chi connectivity index (χ3v) is 4.63. The van der Waals surface area contributed by atoms with Crippen LogP contribution < -0.4 is 10.2 Å². The van der Waals surface area contributed by atoms with E-state index in [1.54, 1.807) is 37.4 Å². The molecule has 0 aromatic heterocycles. The van der Waals surface area contributed by atoms with Gasteiger partial charge in [0.25, 0.3) is 5.91 Å². The number of hydrazone groups is 1. The van der Waals surface area contributed by atoms with Gasteiger partial charge in [0.2, 0.25) is 0 Å². The van der Waals surface area contributed by atoms with Gasteiger partial charge >= 0.3 is 5.97 Å². The van der Waals surface area contributed by atoms with E-state index in [4.69, 9.17) is 4.74 Å². The number of ether oxygens (including phenoxy) is 1. The second-order valence-corrected chi connectivity index (χ2v) is 6.21. The Bertz CT molecular complexity index is 1120. The van der Waals surface area contributed by atoms with Gasteiger partial charge in [0.05, 0.1) is 18.4 Å². The molecular formula is C22H16N2O4. The Morgan fingerprint density at radius 1 is 0.893 bits per heavy atom. The van der Waals surface area contributed by atoms with Gasteiger partial charge in [0.15, 0.2) is 0 Å². The Balaban J connectivity index is 1.75. The summed E-state index contributed by atoms with van der Waals surface area (Å²) in [4.78, 5) is 24.2. The van der Waals surface area contributed by atoms with Crippen molar-refractivity contribution in [2.45, 2.75) is 0 Å². The molecule has 28 heavy (non-hydrogen) atoms. The number of carboxylic acids is 1. The highest BCUT2D eigenvalue weighted by atomic mass is 16.5. The molecule has 6 nitrogen and oxygen atoms in total. The molecule has 0 atom stereocenters. The summed E-state index contributed by atoms with van der Waals surface area (Å²) >= 11 is 0. The minimum Gasteiger partial charge on any atom is -0.497 e. The molecule has 4 rings (SSSR count). The highest BCUT2D eigenvalue weighted by Gasteiger charge is 2.29. The normalized spacial score (nSPS) is 13.0. The SMILES string of the molecule is COc1ccc(C(=O)N/N=C2\c3ccccc3-c3cccc(C(=O)O)c32)cc1. The number of hydrogen-bond donors (Lipinski definition) is 2. The van der Waals surface area contributed by atoms with Crippen LogP contribution in [0.25, 0.3) is 11.1 Å². The molecule has 0 fully saturated rings. The van der Waals surface area contributed by atoms with Crippen LogP contribution in [0, 0.1) is 0 Å². The maximum Gasteiger partial charge on any atom is 0.336 e. The minimum atomic E-state index is -1.04. The molecule has 0 aliphatic heterocycles.